The van der Waals surface area contributed by atoms with Crippen LogP contribution in [0.1, 0.15) is 80.6 Å². The van der Waals surface area contributed by atoms with E-state index in [0.29, 0.717) is 24.8 Å². The Hall–Kier alpha value is -2.22. The van der Waals surface area contributed by atoms with Crippen molar-refractivity contribution in [3.63, 3.8) is 0 Å². The zero-order chi connectivity index (χ0) is 26.9. The monoisotopic (exact) mass is 506 g/mol. The Bertz CT molecular complexity index is 894. The van der Waals surface area contributed by atoms with Crippen molar-refractivity contribution < 1.29 is 38.1 Å². The van der Waals surface area contributed by atoms with E-state index in [1.165, 1.54) is 13.8 Å². The fraction of sp³-hybridized carbons (Fsp3) is 0.786. The molecule has 9 atom stereocenters. The van der Waals surface area contributed by atoms with Gasteiger partial charge in [0.15, 0.2) is 6.10 Å². The highest BCUT2D eigenvalue weighted by Crippen LogP contribution is 2.56. The van der Waals surface area contributed by atoms with Crippen molar-refractivity contribution in [3.8, 4) is 0 Å². The van der Waals surface area contributed by atoms with Crippen LogP contribution in [0.4, 0.5) is 0 Å². The van der Waals surface area contributed by atoms with Gasteiger partial charge in [0, 0.05) is 50.4 Å². The maximum atomic E-state index is 12.9. The van der Waals surface area contributed by atoms with E-state index in [1.54, 1.807) is 0 Å². The smallest absolute Gasteiger partial charge is 0.306 e. The number of ether oxygens (including phenoxy) is 4. The van der Waals surface area contributed by atoms with E-state index in [4.69, 9.17) is 18.9 Å². The van der Waals surface area contributed by atoms with Crippen molar-refractivity contribution in [3.05, 3.63) is 12.2 Å². The molecule has 3 fully saturated rings. The Morgan fingerprint density at radius 2 is 1.81 bits per heavy atom. The molecule has 2 heterocycles. The zero-order valence-corrected chi connectivity index (χ0v) is 22.7. The number of fused-ring (bicyclic) bond motifs is 5. The second-order valence-corrected chi connectivity index (χ2v) is 11.3. The molecule has 36 heavy (non-hydrogen) atoms. The molecule has 0 radical (unpaired) electrons. The summed E-state index contributed by atoms with van der Waals surface area (Å²) in [6, 6.07) is 0. The normalized spacial score (nSPS) is 38.4. The van der Waals surface area contributed by atoms with Crippen molar-refractivity contribution in [2.24, 2.45) is 29.6 Å². The Kier molecular flexibility index (Phi) is 8.69. The van der Waals surface area contributed by atoms with E-state index >= 15 is 0 Å². The third-order valence-corrected chi connectivity index (χ3v) is 8.17. The number of rotatable bonds is 6. The molecular formula is C28H42O8. The van der Waals surface area contributed by atoms with Crippen LogP contribution in [0.25, 0.3) is 0 Å². The average Bonchev–Trinajstić information content (AvgIpc) is 3.14. The van der Waals surface area contributed by atoms with Gasteiger partial charge in [-0.2, -0.15) is 0 Å². The van der Waals surface area contributed by atoms with E-state index in [0.717, 1.165) is 0 Å². The summed E-state index contributed by atoms with van der Waals surface area (Å²) in [6.45, 7) is 16.7. The van der Waals surface area contributed by atoms with Crippen LogP contribution in [0, 0.1) is 29.6 Å². The van der Waals surface area contributed by atoms with Gasteiger partial charge in [-0.3, -0.25) is 19.2 Å². The fourth-order valence-electron chi connectivity index (χ4n) is 6.64. The highest BCUT2D eigenvalue weighted by molar-refractivity contribution is 5.81. The predicted octanol–water partition coefficient (Wildman–Crippen LogP) is 4.18. The summed E-state index contributed by atoms with van der Waals surface area (Å²) in [5.41, 5.74) is -0.431. The number of carbonyl (C=O) groups is 4. The molecular weight excluding hydrogens is 464 g/mol. The number of ketones is 1. The number of Topliss-reactive ketones (excluding diaryl/α,β-unsaturated/α-hetero) is 1. The molecule has 8 heteroatoms. The molecule has 2 aliphatic heterocycles. The molecule has 9 unspecified atom stereocenters. The maximum absolute atomic E-state index is 12.9. The molecule has 8 nitrogen and oxygen atoms in total. The molecule has 0 N–H and O–H groups in total. The van der Waals surface area contributed by atoms with Crippen LogP contribution >= 0.6 is 0 Å². The van der Waals surface area contributed by atoms with E-state index in [9.17, 15) is 19.2 Å². The van der Waals surface area contributed by atoms with Crippen molar-refractivity contribution in [2.45, 2.75) is 111 Å². The highest BCUT2D eigenvalue weighted by atomic mass is 16.6. The minimum atomic E-state index is -1.05. The van der Waals surface area contributed by atoms with Crippen LogP contribution in [0.5, 0.6) is 0 Å². The van der Waals surface area contributed by atoms with Crippen LogP contribution in [0.2, 0.25) is 0 Å². The van der Waals surface area contributed by atoms with Crippen molar-refractivity contribution in [1.29, 1.82) is 0 Å². The third kappa shape index (κ3) is 5.53. The quantitative estimate of drug-likeness (QED) is 0.300. The largest absolute Gasteiger partial charge is 0.458 e. The van der Waals surface area contributed by atoms with E-state index in [1.807, 2.05) is 34.6 Å². The van der Waals surface area contributed by atoms with Crippen LogP contribution in [-0.2, 0) is 38.1 Å². The van der Waals surface area contributed by atoms with Gasteiger partial charge in [0.2, 0.25) is 0 Å². The number of hydrogen-bond donors (Lipinski definition) is 0. The van der Waals surface area contributed by atoms with Gasteiger partial charge in [-0.1, -0.05) is 34.3 Å². The molecule has 2 bridgehead atoms. The number of carbonyl (C=O) groups excluding carboxylic acids is 4. The summed E-state index contributed by atoms with van der Waals surface area (Å²) in [5.74, 6) is -2.12. The van der Waals surface area contributed by atoms with Crippen LogP contribution in [0.3, 0.4) is 0 Å². The van der Waals surface area contributed by atoms with Gasteiger partial charge in [0.25, 0.3) is 0 Å². The summed E-state index contributed by atoms with van der Waals surface area (Å²) in [6.07, 6.45) is -0.435. The fourth-order valence-corrected chi connectivity index (χ4v) is 6.64. The Balaban J connectivity index is 2.16. The summed E-state index contributed by atoms with van der Waals surface area (Å²) < 4.78 is 24.4. The summed E-state index contributed by atoms with van der Waals surface area (Å²) in [5, 5.41) is 0. The average molecular weight is 507 g/mol. The third-order valence-electron chi connectivity index (χ3n) is 8.17. The van der Waals surface area contributed by atoms with Crippen molar-refractivity contribution in [1.82, 2.24) is 0 Å². The second kappa shape index (κ2) is 11.0. The summed E-state index contributed by atoms with van der Waals surface area (Å²) >= 11 is 0. The van der Waals surface area contributed by atoms with Gasteiger partial charge in [-0.25, -0.2) is 0 Å². The molecule has 202 valence electrons. The van der Waals surface area contributed by atoms with Gasteiger partial charge < -0.3 is 18.9 Å². The van der Waals surface area contributed by atoms with Crippen molar-refractivity contribution >= 4 is 23.7 Å². The molecule has 0 spiro atoms. The van der Waals surface area contributed by atoms with E-state index in [2.05, 4.69) is 6.58 Å². The summed E-state index contributed by atoms with van der Waals surface area (Å²) in [4.78, 5) is 50.0. The minimum absolute atomic E-state index is 0.0236. The van der Waals surface area contributed by atoms with Gasteiger partial charge >= 0.3 is 17.9 Å². The van der Waals surface area contributed by atoms with Crippen LogP contribution in [0.15, 0.2) is 12.2 Å². The van der Waals surface area contributed by atoms with Gasteiger partial charge in [0.05, 0.1) is 6.10 Å². The molecule has 1 saturated carbocycles. The topological polar surface area (TPSA) is 105 Å². The molecule has 0 amide bonds. The lowest BCUT2D eigenvalue weighted by atomic mass is 9.58. The first-order valence-electron chi connectivity index (χ1n) is 13.2. The first-order valence-corrected chi connectivity index (χ1v) is 13.2. The lowest BCUT2D eigenvalue weighted by Crippen LogP contribution is -2.58. The van der Waals surface area contributed by atoms with E-state index < -0.39 is 35.9 Å². The standard InChI is InChI=1S/C28H42O8/c1-9-10-21(32)36-28(8)12-11-19(31)15(4)13-20-23-16(5)25(33-17(6)29)26(34-18(7)30)22(14(2)3)24(23)27(28)35-20/h14-15,20,22-27H,5,9-13H2,1-4,6-8H3. The zero-order valence-electron chi connectivity index (χ0n) is 22.7. The minimum Gasteiger partial charge on any atom is -0.458 e. The summed E-state index contributed by atoms with van der Waals surface area (Å²) in [7, 11) is 0. The first kappa shape index (κ1) is 28.4. The lowest BCUT2D eigenvalue weighted by molar-refractivity contribution is -0.191. The molecule has 3 rings (SSSR count). The van der Waals surface area contributed by atoms with Gasteiger partial charge in [-0.05, 0) is 37.7 Å². The SMILES string of the molecule is C=C1C(OC(C)=O)C(OC(C)=O)C(C(C)C)C2C1C1CC(C)C(=O)CCC(C)(OC(=O)CCC)C2O1. The highest BCUT2D eigenvalue weighted by Gasteiger charge is 2.64. The Morgan fingerprint density at radius 1 is 1.17 bits per heavy atom. The molecule has 3 aliphatic rings. The van der Waals surface area contributed by atoms with Crippen LogP contribution in [-0.4, -0.2) is 53.7 Å². The Labute approximate surface area is 214 Å². The van der Waals surface area contributed by atoms with Gasteiger partial charge in [0.1, 0.15) is 23.6 Å². The molecule has 1 aliphatic carbocycles. The molecule has 0 aromatic heterocycles. The Morgan fingerprint density at radius 3 is 2.36 bits per heavy atom. The number of hydrogen-bond acceptors (Lipinski definition) is 8. The molecule has 2 saturated heterocycles. The second-order valence-electron chi connectivity index (χ2n) is 11.3. The molecule has 0 aromatic carbocycles. The number of esters is 3. The van der Waals surface area contributed by atoms with Crippen LogP contribution < -0.4 is 0 Å². The van der Waals surface area contributed by atoms with Crippen molar-refractivity contribution in [2.75, 3.05) is 0 Å². The first-order chi connectivity index (χ1) is 16.8. The lowest BCUT2D eigenvalue weighted by Gasteiger charge is -2.50. The van der Waals surface area contributed by atoms with E-state index in [-0.39, 0.29) is 60.3 Å². The van der Waals surface area contributed by atoms with Gasteiger partial charge in [-0.15, -0.1) is 0 Å². The predicted molar refractivity (Wildman–Crippen MR) is 132 cm³/mol. The maximum Gasteiger partial charge on any atom is 0.306 e. The molecule has 0 aromatic rings.